The maximum Gasteiger partial charge on any atom is 0.243 e. The third-order valence-electron chi connectivity index (χ3n) is 4.45. The minimum absolute atomic E-state index is 0.0126. The molecule has 2 aliphatic rings. The largest absolute Gasteiger partial charge is 0.356 e. The van der Waals surface area contributed by atoms with E-state index in [0.29, 0.717) is 12.5 Å². The van der Waals surface area contributed by atoms with E-state index in [0.717, 1.165) is 30.6 Å². The molecule has 3 atom stereocenters. The van der Waals surface area contributed by atoms with Crippen molar-refractivity contribution in [3.05, 3.63) is 24.3 Å². The van der Waals surface area contributed by atoms with Crippen LogP contribution in [-0.4, -0.2) is 18.5 Å². The Labute approximate surface area is 119 Å². The number of benzene rings is 1. The molecule has 4 nitrogen and oxygen atoms in total. The summed E-state index contributed by atoms with van der Waals surface area (Å²) in [7, 11) is 0. The van der Waals surface area contributed by atoms with Crippen LogP contribution in [0, 0.1) is 23.2 Å². The number of nitrogens with one attached hydrogen (secondary N) is 1. The van der Waals surface area contributed by atoms with Gasteiger partial charge in [-0.15, -0.1) is 0 Å². The molecule has 4 heteroatoms. The Balaban J connectivity index is 1.96. The highest BCUT2D eigenvalue weighted by atomic mass is 16.2. The van der Waals surface area contributed by atoms with Crippen LogP contribution in [0.3, 0.4) is 0 Å². The number of carbonyl (C=O) groups is 1. The lowest BCUT2D eigenvalue weighted by Crippen LogP contribution is -2.49. The van der Waals surface area contributed by atoms with Gasteiger partial charge >= 0.3 is 0 Å². The molecule has 0 saturated heterocycles. The molecule has 20 heavy (non-hydrogen) atoms. The predicted octanol–water partition coefficient (Wildman–Crippen LogP) is 2.77. The van der Waals surface area contributed by atoms with Gasteiger partial charge in [-0.05, 0) is 37.3 Å². The molecule has 1 aliphatic carbocycles. The lowest BCUT2D eigenvalue weighted by Gasteiger charge is -2.42. The summed E-state index contributed by atoms with van der Waals surface area (Å²) in [6.45, 7) is 2.59. The molecule has 0 spiro atoms. The van der Waals surface area contributed by atoms with Crippen LogP contribution in [0.2, 0.25) is 0 Å². The van der Waals surface area contributed by atoms with Gasteiger partial charge in [0.05, 0.1) is 29.9 Å². The summed E-state index contributed by atoms with van der Waals surface area (Å²) in [5.74, 6) is 0.644. The number of anilines is 2. The number of amides is 1. The highest BCUT2D eigenvalue weighted by Crippen LogP contribution is 2.38. The molecule has 1 aromatic rings. The van der Waals surface area contributed by atoms with E-state index >= 15 is 0 Å². The molecule has 1 aromatic carbocycles. The second-order valence-corrected chi connectivity index (χ2v) is 5.91. The van der Waals surface area contributed by atoms with Crippen LogP contribution >= 0.6 is 0 Å². The Bertz CT molecular complexity index is 563. The Morgan fingerprint density at radius 2 is 2.15 bits per heavy atom. The Hall–Kier alpha value is -2.02. The van der Waals surface area contributed by atoms with Crippen LogP contribution in [0.5, 0.6) is 0 Å². The van der Waals surface area contributed by atoms with Crippen LogP contribution in [-0.2, 0) is 4.79 Å². The van der Waals surface area contributed by atoms with Crippen molar-refractivity contribution in [2.45, 2.75) is 32.2 Å². The van der Waals surface area contributed by atoms with Crippen LogP contribution < -0.4 is 10.2 Å². The van der Waals surface area contributed by atoms with Gasteiger partial charge in [0.2, 0.25) is 5.91 Å². The molecule has 1 N–H and O–H groups in total. The molecule has 0 radical (unpaired) electrons. The summed E-state index contributed by atoms with van der Waals surface area (Å²) < 4.78 is 0. The lowest BCUT2D eigenvalue weighted by atomic mass is 9.78. The molecule has 3 unspecified atom stereocenters. The molecule has 3 rings (SSSR count). The van der Waals surface area contributed by atoms with E-state index in [9.17, 15) is 10.1 Å². The van der Waals surface area contributed by atoms with Crippen molar-refractivity contribution in [3.8, 4) is 6.07 Å². The summed E-state index contributed by atoms with van der Waals surface area (Å²) in [5.41, 5.74) is 1.91. The zero-order valence-electron chi connectivity index (χ0n) is 11.7. The van der Waals surface area contributed by atoms with E-state index in [-0.39, 0.29) is 17.9 Å². The van der Waals surface area contributed by atoms with Gasteiger partial charge in [-0.1, -0.05) is 19.1 Å². The van der Waals surface area contributed by atoms with Gasteiger partial charge in [0.25, 0.3) is 0 Å². The number of rotatable bonds is 1. The van der Waals surface area contributed by atoms with Gasteiger partial charge < -0.3 is 10.2 Å². The van der Waals surface area contributed by atoms with Crippen LogP contribution in [0.1, 0.15) is 26.2 Å². The minimum Gasteiger partial charge on any atom is -0.356 e. The third-order valence-corrected chi connectivity index (χ3v) is 4.45. The molecule has 1 heterocycles. The van der Waals surface area contributed by atoms with Gasteiger partial charge in [-0.2, -0.15) is 5.26 Å². The van der Waals surface area contributed by atoms with Crippen molar-refractivity contribution in [1.82, 2.24) is 0 Å². The fraction of sp³-hybridized carbons (Fsp3) is 0.500. The molecular formula is C16H19N3O. The Kier molecular flexibility index (Phi) is 3.35. The number of hydrogen-bond donors (Lipinski definition) is 1. The standard InChI is InChI=1S/C16H19N3O/c1-11-6-7-12(9-17)15(8-11)19-10-16(20)18-13-4-2-3-5-14(13)19/h2-5,11-12,15H,6-8,10H2,1H3,(H,18,20). The summed E-state index contributed by atoms with van der Waals surface area (Å²) in [6, 6.07) is 10.5. The average Bonchev–Trinajstić information content (AvgIpc) is 2.46. The maximum absolute atomic E-state index is 11.9. The molecule has 0 bridgehead atoms. The quantitative estimate of drug-likeness (QED) is 0.853. The topological polar surface area (TPSA) is 56.1 Å². The zero-order valence-corrected chi connectivity index (χ0v) is 11.7. The second-order valence-electron chi connectivity index (χ2n) is 5.91. The van der Waals surface area contributed by atoms with Crippen molar-refractivity contribution in [1.29, 1.82) is 5.26 Å². The molecule has 1 aliphatic heterocycles. The van der Waals surface area contributed by atoms with E-state index in [1.165, 1.54) is 0 Å². The molecule has 1 fully saturated rings. The van der Waals surface area contributed by atoms with Crippen LogP contribution in [0.25, 0.3) is 0 Å². The monoisotopic (exact) mass is 269 g/mol. The van der Waals surface area contributed by atoms with Crippen molar-refractivity contribution in [2.24, 2.45) is 11.8 Å². The summed E-state index contributed by atoms with van der Waals surface area (Å²) in [5, 5.41) is 12.3. The number of carbonyl (C=O) groups excluding carboxylic acids is 1. The second kappa shape index (κ2) is 5.16. The smallest absolute Gasteiger partial charge is 0.243 e. The number of para-hydroxylation sites is 2. The van der Waals surface area contributed by atoms with E-state index in [2.05, 4.69) is 23.2 Å². The minimum atomic E-state index is 0.0126. The molecule has 1 amide bonds. The van der Waals surface area contributed by atoms with Gasteiger partial charge in [-0.3, -0.25) is 4.79 Å². The number of hydrogen-bond acceptors (Lipinski definition) is 3. The first kappa shape index (κ1) is 13.0. The average molecular weight is 269 g/mol. The lowest BCUT2D eigenvalue weighted by molar-refractivity contribution is -0.115. The SMILES string of the molecule is CC1CCC(C#N)C(N2CC(=O)Nc3ccccc32)C1. The van der Waals surface area contributed by atoms with E-state index in [4.69, 9.17) is 0 Å². The van der Waals surface area contributed by atoms with E-state index < -0.39 is 0 Å². The fourth-order valence-corrected chi connectivity index (χ4v) is 3.40. The fourth-order valence-electron chi connectivity index (χ4n) is 3.40. The number of nitriles is 1. The highest BCUT2D eigenvalue weighted by molar-refractivity contribution is 6.01. The van der Waals surface area contributed by atoms with Crippen molar-refractivity contribution in [2.75, 3.05) is 16.8 Å². The van der Waals surface area contributed by atoms with Crippen molar-refractivity contribution >= 4 is 17.3 Å². The molecule has 1 saturated carbocycles. The normalized spacial score (nSPS) is 29.3. The predicted molar refractivity (Wildman–Crippen MR) is 78.3 cm³/mol. The van der Waals surface area contributed by atoms with Gasteiger partial charge in [0, 0.05) is 6.04 Å². The number of fused-ring (bicyclic) bond motifs is 1. The highest BCUT2D eigenvalue weighted by Gasteiger charge is 2.36. The molecule has 104 valence electrons. The molecule has 0 aromatic heterocycles. The Morgan fingerprint density at radius 3 is 2.95 bits per heavy atom. The van der Waals surface area contributed by atoms with Gasteiger partial charge in [0.1, 0.15) is 0 Å². The maximum atomic E-state index is 11.9. The summed E-state index contributed by atoms with van der Waals surface area (Å²) in [4.78, 5) is 14.1. The number of nitrogens with zero attached hydrogens (tertiary/aromatic N) is 2. The van der Waals surface area contributed by atoms with Crippen molar-refractivity contribution < 1.29 is 4.79 Å². The van der Waals surface area contributed by atoms with E-state index in [1.54, 1.807) is 0 Å². The molecular weight excluding hydrogens is 250 g/mol. The summed E-state index contributed by atoms with van der Waals surface area (Å²) >= 11 is 0. The summed E-state index contributed by atoms with van der Waals surface area (Å²) in [6.07, 6.45) is 3.03. The zero-order chi connectivity index (χ0) is 14.1. The van der Waals surface area contributed by atoms with E-state index in [1.807, 2.05) is 24.3 Å². The van der Waals surface area contributed by atoms with Crippen LogP contribution in [0.15, 0.2) is 24.3 Å². The van der Waals surface area contributed by atoms with Gasteiger partial charge in [0.15, 0.2) is 0 Å². The van der Waals surface area contributed by atoms with Gasteiger partial charge in [-0.25, -0.2) is 0 Å². The first-order valence-electron chi connectivity index (χ1n) is 7.24. The third kappa shape index (κ3) is 2.24. The first-order chi connectivity index (χ1) is 9.69. The van der Waals surface area contributed by atoms with Crippen LogP contribution in [0.4, 0.5) is 11.4 Å². The Morgan fingerprint density at radius 1 is 1.35 bits per heavy atom. The first-order valence-corrected chi connectivity index (χ1v) is 7.24. The van der Waals surface area contributed by atoms with Crippen molar-refractivity contribution in [3.63, 3.8) is 0 Å².